The molecule has 0 aromatic heterocycles. The molecule has 0 radical (unpaired) electrons. The molecule has 0 saturated carbocycles. The summed E-state index contributed by atoms with van der Waals surface area (Å²) in [5, 5.41) is 3.33. The molecule has 0 spiro atoms. The van der Waals surface area contributed by atoms with Crippen LogP contribution in [0.25, 0.3) is 0 Å². The summed E-state index contributed by atoms with van der Waals surface area (Å²) in [7, 11) is 5.23. The minimum atomic E-state index is 0.553. The maximum atomic E-state index is 5.21. The van der Waals surface area contributed by atoms with E-state index in [0.29, 0.717) is 12.5 Å². The van der Waals surface area contributed by atoms with Gasteiger partial charge in [0.25, 0.3) is 0 Å². The largest absolute Gasteiger partial charge is 0.497 e. The van der Waals surface area contributed by atoms with Crippen LogP contribution in [-0.2, 0) is 4.74 Å². The van der Waals surface area contributed by atoms with Crippen molar-refractivity contribution in [1.29, 1.82) is 0 Å². The smallest absolute Gasteiger partial charge is 0.193 e. The van der Waals surface area contributed by atoms with Crippen LogP contribution in [0.3, 0.4) is 0 Å². The zero-order chi connectivity index (χ0) is 15.1. The zero-order valence-electron chi connectivity index (χ0n) is 13.1. The second-order valence-corrected chi connectivity index (χ2v) is 5.17. The van der Waals surface area contributed by atoms with Crippen molar-refractivity contribution >= 4 is 5.96 Å². The van der Waals surface area contributed by atoms with E-state index in [2.05, 4.69) is 27.3 Å². The number of nitrogens with zero attached hydrogens (tertiary/aromatic N) is 2. The number of methoxy groups -OCH3 is 2. The van der Waals surface area contributed by atoms with Crippen LogP contribution < -0.4 is 10.1 Å². The van der Waals surface area contributed by atoms with Crippen LogP contribution in [0, 0.1) is 0 Å². The predicted molar refractivity (Wildman–Crippen MR) is 85.2 cm³/mol. The minimum absolute atomic E-state index is 0.553. The zero-order valence-corrected chi connectivity index (χ0v) is 13.1. The van der Waals surface area contributed by atoms with Crippen molar-refractivity contribution in [2.45, 2.75) is 12.3 Å². The van der Waals surface area contributed by atoms with Gasteiger partial charge in [-0.25, -0.2) is 0 Å². The van der Waals surface area contributed by atoms with E-state index in [-0.39, 0.29) is 0 Å². The molecule has 2 rings (SSSR count). The van der Waals surface area contributed by atoms with Crippen LogP contribution >= 0.6 is 0 Å². The van der Waals surface area contributed by atoms with Gasteiger partial charge in [-0.05, 0) is 24.1 Å². The summed E-state index contributed by atoms with van der Waals surface area (Å²) in [6.45, 7) is 3.50. The molecule has 1 aliphatic rings. The fourth-order valence-corrected chi connectivity index (χ4v) is 2.70. The Labute approximate surface area is 127 Å². The van der Waals surface area contributed by atoms with E-state index in [1.54, 1.807) is 14.2 Å². The van der Waals surface area contributed by atoms with Gasteiger partial charge in [-0.2, -0.15) is 0 Å². The molecule has 1 heterocycles. The number of guanidine groups is 1. The van der Waals surface area contributed by atoms with E-state index in [1.165, 1.54) is 5.56 Å². The first-order valence-electron chi connectivity index (χ1n) is 7.37. The Hall–Kier alpha value is -1.75. The highest BCUT2D eigenvalue weighted by Gasteiger charge is 2.25. The highest BCUT2D eigenvalue weighted by molar-refractivity contribution is 5.80. The molecular formula is C16H25N3O2. The lowest BCUT2D eigenvalue weighted by atomic mass is 9.98. The lowest BCUT2D eigenvalue weighted by Crippen LogP contribution is -2.41. The lowest BCUT2D eigenvalue weighted by Gasteiger charge is -2.21. The van der Waals surface area contributed by atoms with Gasteiger partial charge in [0.05, 0.1) is 13.7 Å². The van der Waals surface area contributed by atoms with Crippen LogP contribution in [0.15, 0.2) is 29.3 Å². The first-order chi connectivity index (χ1) is 10.3. The maximum Gasteiger partial charge on any atom is 0.193 e. The summed E-state index contributed by atoms with van der Waals surface area (Å²) in [4.78, 5) is 6.66. The quantitative estimate of drug-likeness (QED) is 0.509. The standard InChI is InChI=1S/C16H25N3O2/c1-17-16(18-9-11-20-2)19-10-8-14(12-19)13-4-6-15(21-3)7-5-13/h4-7,14H,8-12H2,1-3H3,(H,17,18). The molecular weight excluding hydrogens is 266 g/mol. The Morgan fingerprint density at radius 2 is 2.10 bits per heavy atom. The Bertz CT molecular complexity index is 459. The molecule has 1 atom stereocenters. The fraction of sp³-hybridized carbons (Fsp3) is 0.562. The van der Waals surface area contributed by atoms with Gasteiger partial charge < -0.3 is 19.7 Å². The van der Waals surface area contributed by atoms with Gasteiger partial charge in [0.1, 0.15) is 5.75 Å². The molecule has 0 bridgehead atoms. The SMILES string of the molecule is CN=C(NCCOC)N1CCC(c2ccc(OC)cc2)C1. The molecule has 1 aliphatic heterocycles. The normalized spacial score (nSPS) is 18.9. The predicted octanol–water partition coefficient (Wildman–Crippen LogP) is 1.71. The molecule has 1 saturated heterocycles. The third-order valence-electron chi connectivity index (χ3n) is 3.88. The summed E-state index contributed by atoms with van der Waals surface area (Å²) >= 11 is 0. The Morgan fingerprint density at radius 3 is 2.71 bits per heavy atom. The number of rotatable bonds is 5. The average Bonchev–Trinajstić information content (AvgIpc) is 3.01. The molecule has 0 amide bonds. The fourth-order valence-electron chi connectivity index (χ4n) is 2.70. The van der Waals surface area contributed by atoms with Gasteiger partial charge in [-0.1, -0.05) is 12.1 Å². The summed E-state index contributed by atoms with van der Waals surface area (Å²) < 4.78 is 10.3. The van der Waals surface area contributed by atoms with Crippen LogP contribution in [0.5, 0.6) is 5.75 Å². The number of nitrogens with one attached hydrogen (secondary N) is 1. The molecule has 21 heavy (non-hydrogen) atoms. The third-order valence-corrected chi connectivity index (χ3v) is 3.88. The summed E-state index contributed by atoms with van der Waals surface area (Å²) in [6, 6.07) is 8.38. The molecule has 1 aromatic rings. The number of benzene rings is 1. The van der Waals surface area contributed by atoms with Crippen LogP contribution in [0.1, 0.15) is 17.9 Å². The van der Waals surface area contributed by atoms with Crippen molar-refractivity contribution in [3.63, 3.8) is 0 Å². The molecule has 5 nitrogen and oxygen atoms in total. The van der Waals surface area contributed by atoms with E-state index in [4.69, 9.17) is 9.47 Å². The topological polar surface area (TPSA) is 46.1 Å². The molecule has 1 aromatic carbocycles. The van der Waals surface area contributed by atoms with E-state index in [0.717, 1.165) is 37.8 Å². The highest BCUT2D eigenvalue weighted by atomic mass is 16.5. The van der Waals surface area contributed by atoms with Crippen molar-refractivity contribution in [1.82, 2.24) is 10.2 Å². The molecule has 5 heteroatoms. The first-order valence-corrected chi connectivity index (χ1v) is 7.37. The second-order valence-electron chi connectivity index (χ2n) is 5.17. The van der Waals surface area contributed by atoms with E-state index in [9.17, 15) is 0 Å². The van der Waals surface area contributed by atoms with Gasteiger partial charge in [0, 0.05) is 39.7 Å². The summed E-state index contributed by atoms with van der Waals surface area (Å²) in [6.07, 6.45) is 1.15. The average molecular weight is 291 g/mol. The van der Waals surface area contributed by atoms with E-state index >= 15 is 0 Å². The Balaban J connectivity index is 1.92. The third kappa shape index (κ3) is 4.11. The first kappa shape index (κ1) is 15.6. The molecule has 0 aliphatic carbocycles. The van der Waals surface area contributed by atoms with Gasteiger partial charge >= 0.3 is 0 Å². The van der Waals surface area contributed by atoms with Crippen molar-refractivity contribution in [2.75, 3.05) is 47.5 Å². The Kier molecular flexibility index (Phi) is 5.87. The number of likely N-dealkylation sites (tertiary alicyclic amines) is 1. The van der Waals surface area contributed by atoms with Gasteiger partial charge in [0.15, 0.2) is 5.96 Å². The maximum absolute atomic E-state index is 5.21. The summed E-state index contributed by atoms with van der Waals surface area (Å²) in [5.41, 5.74) is 1.37. The number of hydrogen-bond acceptors (Lipinski definition) is 3. The van der Waals surface area contributed by atoms with Gasteiger partial charge in [-0.15, -0.1) is 0 Å². The van der Waals surface area contributed by atoms with E-state index < -0.39 is 0 Å². The molecule has 1 N–H and O–H groups in total. The van der Waals surface area contributed by atoms with Crippen molar-refractivity contribution < 1.29 is 9.47 Å². The summed E-state index contributed by atoms with van der Waals surface area (Å²) in [5.74, 6) is 2.42. The van der Waals surface area contributed by atoms with Crippen molar-refractivity contribution in [3.8, 4) is 5.75 Å². The van der Waals surface area contributed by atoms with Crippen molar-refractivity contribution in [3.05, 3.63) is 29.8 Å². The molecule has 1 unspecified atom stereocenters. The van der Waals surface area contributed by atoms with Crippen LogP contribution in [0.4, 0.5) is 0 Å². The van der Waals surface area contributed by atoms with E-state index in [1.807, 2.05) is 19.2 Å². The monoisotopic (exact) mass is 291 g/mol. The number of hydrogen-bond donors (Lipinski definition) is 1. The molecule has 1 fully saturated rings. The molecule has 116 valence electrons. The van der Waals surface area contributed by atoms with Gasteiger partial charge in [0.2, 0.25) is 0 Å². The number of aliphatic imine (C=N–C) groups is 1. The van der Waals surface area contributed by atoms with Crippen LogP contribution in [0.2, 0.25) is 0 Å². The highest BCUT2D eigenvalue weighted by Crippen LogP contribution is 2.28. The number of ether oxygens (including phenoxy) is 2. The lowest BCUT2D eigenvalue weighted by molar-refractivity contribution is 0.203. The minimum Gasteiger partial charge on any atom is -0.497 e. The van der Waals surface area contributed by atoms with Crippen molar-refractivity contribution in [2.24, 2.45) is 4.99 Å². The van der Waals surface area contributed by atoms with Gasteiger partial charge in [-0.3, -0.25) is 4.99 Å². The second kappa shape index (κ2) is 7.88. The Morgan fingerprint density at radius 1 is 1.33 bits per heavy atom. The van der Waals surface area contributed by atoms with Crippen LogP contribution in [-0.4, -0.2) is 58.4 Å².